The molecule has 0 spiro atoms. The monoisotopic (exact) mass is 775 g/mol. The Morgan fingerprint density at radius 3 is 2.09 bits per heavy atom. The summed E-state index contributed by atoms with van der Waals surface area (Å²) < 4.78 is 22.3. The minimum atomic E-state index is -0.947. The van der Waals surface area contributed by atoms with Gasteiger partial charge in [0.05, 0.1) is 19.0 Å². The van der Waals surface area contributed by atoms with E-state index < -0.39 is 36.5 Å². The highest BCUT2D eigenvalue weighted by Gasteiger charge is 2.27. The molecule has 1 aromatic heterocycles. The van der Waals surface area contributed by atoms with Crippen LogP contribution in [-0.2, 0) is 39.8 Å². The molecule has 0 aliphatic rings. The van der Waals surface area contributed by atoms with Crippen molar-refractivity contribution in [3.05, 3.63) is 100 Å². The van der Waals surface area contributed by atoms with Gasteiger partial charge in [0.2, 0.25) is 5.91 Å². The minimum Gasteiger partial charge on any atom is -0.497 e. The Balaban J connectivity index is 1.27. The summed E-state index contributed by atoms with van der Waals surface area (Å²) in [5.41, 5.74) is 2.38. The molecule has 0 unspecified atom stereocenters. The third-order valence-corrected chi connectivity index (χ3v) is 8.94. The van der Waals surface area contributed by atoms with E-state index in [1.807, 2.05) is 13.8 Å². The van der Waals surface area contributed by atoms with E-state index in [0.29, 0.717) is 57.1 Å². The first-order valence-electron chi connectivity index (χ1n) is 18.1. The molecule has 0 saturated carbocycles. The number of carbonyl (C=O) groups is 6. The van der Waals surface area contributed by atoms with Crippen LogP contribution in [0.4, 0.5) is 0 Å². The highest BCUT2D eigenvalue weighted by molar-refractivity contribution is 6.30. The Kier molecular flexibility index (Phi) is 15.8. The third kappa shape index (κ3) is 11.6. The van der Waals surface area contributed by atoms with Crippen LogP contribution in [0.3, 0.4) is 0 Å². The number of benzene rings is 3. The number of nitrogens with zero attached hydrogens (tertiary/aromatic N) is 2. The van der Waals surface area contributed by atoms with Gasteiger partial charge in [-0.3, -0.25) is 28.5 Å². The number of ether oxygens (including phenoxy) is 4. The molecule has 292 valence electrons. The highest BCUT2D eigenvalue weighted by Crippen LogP contribution is 2.31. The first-order chi connectivity index (χ1) is 26.5. The van der Waals surface area contributed by atoms with Gasteiger partial charge in [-0.05, 0) is 86.3 Å². The summed E-state index contributed by atoms with van der Waals surface area (Å²) in [6.07, 6.45) is 1.07. The number of hydrogen-bond acceptors (Lipinski definition) is 10. The van der Waals surface area contributed by atoms with Gasteiger partial charge in [0, 0.05) is 46.7 Å². The number of nitrogens with one attached hydrogen (secondary N) is 1. The molecule has 0 aliphatic carbocycles. The summed E-state index contributed by atoms with van der Waals surface area (Å²) >= 11 is 6.01. The number of methoxy groups -OCH3 is 1. The molecule has 4 aromatic rings. The van der Waals surface area contributed by atoms with E-state index in [1.165, 1.54) is 11.7 Å². The molecule has 55 heavy (non-hydrogen) atoms. The molecule has 0 bridgehead atoms. The number of amides is 2. The van der Waals surface area contributed by atoms with Gasteiger partial charge in [-0.25, -0.2) is 4.79 Å². The molecule has 0 fully saturated rings. The van der Waals surface area contributed by atoms with Crippen LogP contribution in [0.25, 0.3) is 10.9 Å². The van der Waals surface area contributed by atoms with Gasteiger partial charge in [-0.15, -0.1) is 0 Å². The molecular weight excluding hydrogens is 730 g/mol. The average Bonchev–Trinajstić information content (AvgIpc) is 3.46. The molecule has 14 heteroatoms. The second kappa shape index (κ2) is 20.7. The van der Waals surface area contributed by atoms with Crippen molar-refractivity contribution in [3.63, 3.8) is 0 Å². The van der Waals surface area contributed by atoms with Crippen molar-refractivity contribution in [2.24, 2.45) is 0 Å². The molecule has 1 N–H and O–H groups in total. The summed E-state index contributed by atoms with van der Waals surface area (Å²) in [5.74, 6) is -2.74. The van der Waals surface area contributed by atoms with E-state index in [9.17, 15) is 28.8 Å². The molecule has 2 amide bonds. The lowest BCUT2D eigenvalue weighted by atomic mass is 10.1. The van der Waals surface area contributed by atoms with Gasteiger partial charge in [0.1, 0.15) is 25.0 Å². The maximum atomic E-state index is 13.5. The summed E-state index contributed by atoms with van der Waals surface area (Å²) in [6.45, 7) is 5.40. The molecule has 3 aromatic carbocycles. The zero-order valence-corrected chi connectivity index (χ0v) is 32.2. The van der Waals surface area contributed by atoms with E-state index in [4.69, 9.17) is 30.5 Å². The van der Waals surface area contributed by atoms with Crippen LogP contribution in [0, 0.1) is 6.92 Å². The number of rotatable bonds is 19. The van der Waals surface area contributed by atoms with Crippen molar-refractivity contribution in [1.82, 2.24) is 14.8 Å². The predicted molar refractivity (Wildman–Crippen MR) is 205 cm³/mol. The van der Waals surface area contributed by atoms with Gasteiger partial charge >= 0.3 is 17.9 Å². The van der Waals surface area contributed by atoms with Crippen molar-refractivity contribution < 1.29 is 47.7 Å². The molecule has 0 saturated heterocycles. The maximum absolute atomic E-state index is 13.5. The summed E-state index contributed by atoms with van der Waals surface area (Å²) in [4.78, 5) is 79.3. The molecule has 0 aliphatic heterocycles. The molecule has 4 rings (SSSR count). The molecule has 13 nitrogen and oxygen atoms in total. The largest absolute Gasteiger partial charge is 0.497 e. The smallest absolute Gasteiger partial charge is 0.344 e. The van der Waals surface area contributed by atoms with Crippen molar-refractivity contribution in [2.75, 3.05) is 40.0 Å². The molecule has 0 radical (unpaired) electrons. The Morgan fingerprint density at radius 1 is 0.800 bits per heavy atom. The van der Waals surface area contributed by atoms with Crippen LogP contribution < -0.4 is 10.1 Å². The van der Waals surface area contributed by atoms with Gasteiger partial charge in [0.15, 0.2) is 6.61 Å². The second-order valence-corrected chi connectivity index (χ2v) is 13.1. The van der Waals surface area contributed by atoms with Crippen LogP contribution in [0.2, 0.25) is 5.02 Å². The first kappa shape index (κ1) is 42.1. The molecule has 1 atom stereocenters. The zero-order valence-electron chi connectivity index (χ0n) is 31.4. The molecule has 1 heterocycles. The lowest BCUT2D eigenvalue weighted by molar-refractivity contribution is -0.160. The van der Waals surface area contributed by atoms with Crippen LogP contribution >= 0.6 is 11.6 Å². The lowest BCUT2D eigenvalue weighted by Gasteiger charge is -2.27. The van der Waals surface area contributed by atoms with Crippen LogP contribution in [-0.4, -0.2) is 91.2 Å². The Hall–Kier alpha value is -5.69. The number of fused-ring (bicyclic) bond motifs is 1. The van der Waals surface area contributed by atoms with E-state index in [0.717, 1.165) is 12.8 Å². The van der Waals surface area contributed by atoms with Crippen molar-refractivity contribution >= 4 is 58.1 Å². The fraction of sp³-hybridized carbons (Fsp3) is 0.366. The first-order valence-corrected chi connectivity index (χ1v) is 18.4. The lowest BCUT2D eigenvalue weighted by Crippen LogP contribution is -2.49. The number of carbonyl (C=O) groups excluding carboxylic acids is 6. The average molecular weight is 776 g/mol. The van der Waals surface area contributed by atoms with E-state index in [1.54, 1.807) is 84.6 Å². The van der Waals surface area contributed by atoms with E-state index >= 15 is 0 Å². The predicted octanol–water partition coefficient (Wildman–Crippen LogP) is 5.70. The highest BCUT2D eigenvalue weighted by atomic mass is 35.5. The number of aromatic nitrogens is 1. The van der Waals surface area contributed by atoms with Crippen LogP contribution in [0.5, 0.6) is 5.75 Å². The Bertz CT molecular complexity index is 1970. The number of esters is 3. The van der Waals surface area contributed by atoms with Crippen molar-refractivity contribution in [1.29, 1.82) is 0 Å². The second-order valence-electron chi connectivity index (χ2n) is 12.6. The zero-order chi connectivity index (χ0) is 39.9. The van der Waals surface area contributed by atoms with Crippen molar-refractivity contribution in [3.8, 4) is 5.75 Å². The fourth-order valence-electron chi connectivity index (χ4n) is 6.00. The summed E-state index contributed by atoms with van der Waals surface area (Å²) in [7, 11) is 1.51. The quantitative estimate of drug-likeness (QED) is 0.0712. The minimum absolute atomic E-state index is 0.0100. The number of hydrogen-bond donors (Lipinski definition) is 1. The maximum Gasteiger partial charge on any atom is 0.344 e. The topological polar surface area (TPSA) is 160 Å². The standard InChI is InChI=1S/C41H46ClN3O10/c1-5-20-44(21-6-2)41(51)34(43-39(49)28-10-8-7-9-11-28)17-19-36(46)53-22-23-54-38(48)26-55-37(47)25-32-27(3)45(35-18-16-31(52-4)24-33(32)35)40(50)29-12-14-30(42)15-13-29/h7-16,18,24,34H,5-6,17,19-23,25-26H2,1-4H3,(H,43,49)/t34-/m1/s1. The van der Waals surface area contributed by atoms with E-state index in [-0.39, 0.29) is 44.3 Å². The number of halogens is 1. The normalized spacial score (nSPS) is 11.4. The van der Waals surface area contributed by atoms with Gasteiger partial charge in [0.25, 0.3) is 11.8 Å². The summed E-state index contributed by atoms with van der Waals surface area (Å²) in [6, 6.07) is 19.2. The summed E-state index contributed by atoms with van der Waals surface area (Å²) in [5, 5.41) is 3.86. The fourth-order valence-corrected chi connectivity index (χ4v) is 6.12. The van der Waals surface area contributed by atoms with Gasteiger partial charge in [-0.2, -0.15) is 0 Å². The van der Waals surface area contributed by atoms with Gasteiger partial charge < -0.3 is 29.2 Å². The Labute approximate surface area is 324 Å². The van der Waals surface area contributed by atoms with Crippen LogP contribution in [0.1, 0.15) is 71.5 Å². The Morgan fingerprint density at radius 2 is 1.45 bits per heavy atom. The van der Waals surface area contributed by atoms with Gasteiger partial charge in [-0.1, -0.05) is 43.6 Å². The van der Waals surface area contributed by atoms with E-state index in [2.05, 4.69) is 5.32 Å². The molecular formula is C41H46ClN3O10. The van der Waals surface area contributed by atoms with Crippen LogP contribution in [0.15, 0.2) is 72.8 Å². The third-order valence-electron chi connectivity index (χ3n) is 8.69. The SMILES string of the molecule is CCCN(CCC)C(=O)[C@@H](CCC(=O)OCCOC(=O)COC(=O)Cc1c(C)n(C(=O)c2ccc(Cl)cc2)c2ccc(OC)cc12)NC(=O)c1ccccc1. The van der Waals surface area contributed by atoms with Crippen molar-refractivity contribution in [2.45, 2.75) is 58.9 Å².